The molecule has 7 nitrogen and oxygen atoms in total. The van der Waals surface area contributed by atoms with Crippen molar-refractivity contribution < 1.29 is 28.5 Å². The summed E-state index contributed by atoms with van der Waals surface area (Å²) in [4.78, 5) is 12.2. The molecule has 0 aliphatic rings. The first-order valence-corrected chi connectivity index (χ1v) is 9.75. The Morgan fingerprint density at radius 3 is 2.43 bits per heavy atom. The van der Waals surface area contributed by atoms with Gasteiger partial charge in [0, 0.05) is 44.1 Å². The molecule has 2 heterocycles. The summed E-state index contributed by atoms with van der Waals surface area (Å²) in [6, 6.07) is 7.63. The maximum atomic E-state index is 12.8. The van der Waals surface area contributed by atoms with Crippen LogP contribution >= 0.6 is 11.3 Å². The number of aromatic nitrogens is 3. The summed E-state index contributed by atoms with van der Waals surface area (Å²) in [6.45, 7) is -0.524. The molecule has 0 saturated carbocycles. The van der Waals surface area contributed by atoms with Crippen molar-refractivity contribution in [3.05, 3.63) is 53.4 Å². The quantitative estimate of drug-likeness (QED) is 0.425. The summed E-state index contributed by atoms with van der Waals surface area (Å²) in [6.07, 6.45) is -1.91. The number of rotatable bonds is 8. The summed E-state index contributed by atoms with van der Waals surface area (Å²) in [5, 5.41) is 32.2. The molecule has 0 spiro atoms. The molecule has 0 radical (unpaired) electrons. The fraction of sp³-hybridized carbons (Fsp3) is 0.316. The van der Waals surface area contributed by atoms with E-state index >= 15 is 0 Å². The molecule has 160 valence electrons. The highest BCUT2D eigenvalue weighted by Crippen LogP contribution is 2.36. The van der Waals surface area contributed by atoms with Crippen molar-refractivity contribution in [1.82, 2.24) is 15.0 Å². The third kappa shape index (κ3) is 5.11. The van der Waals surface area contributed by atoms with Crippen molar-refractivity contribution in [2.24, 2.45) is 0 Å². The number of aliphatic hydroxyl groups is 3. The second-order valence-electron chi connectivity index (χ2n) is 6.48. The predicted octanol–water partition coefficient (Wildman–Crippen LogP) is 3.31. The van der Waals surface area contributed by atoms with Crippen molar-refractivity contribution in [1.29, 1.82) is 0 Å². The number of hydrogen-bond donors (Lipinski definition) is 4. The van der Waals surface area contributed by atoms with Gasteiger partial charge in [0.05, 0.1) is 4.88 Å². The van der Waals surface area contributed by atoms with E-state index in [9.17, 15) is 28.5 Å². The Bertz CT molecular complexity index is 991. The van der Waals surface area contributed by atoms with Gasteiger partial charge in [0.1, 0.15) is 16.3 Å². The van der Waals surface area contributed by atoms with Crippen molar-refractivity contribution in [3.63, 3.8) is 0 Å². The van der Waals surface area contributed by atoms with Crippen LogP contribution in [0.4, 0.5) is 24.8 Å². The Kier molecular flexibility index (Phi) is 6.66. The molecular weight excluding hydrogens is 421 g/mol. The summed E-state index contributed by atoms with van der Waals surface area (Å²) in [5.41, 5.74) is -1.29. The first-order valence-electron chi connectivity index (χ1n) is 8.93. The molecule has 4 N–H and O–H groups in total. The van der Waals surface area contributed by atoms with E-state index in [0.29, 0.717) is 21.1 Å². The molecule has 3 rings (SSSR count). The number of hydrogen-bond acceptors (Lipinski definition) is 8. The molecule has 0 atom stereocenters. The normalized spacial score (nSPS) is 12.2. The molecule has 30 heavy (non-hydrogen) atoms. The van der Waals surface area contributed by atoms with E-state index in [1.165, 1.54) is 11.3 Å². The molecule has 2 aromatic heterocycles. The van der Waals surface area contributed by atoms with Gasteiger partial charge in [-0.3, -0.25) is 0 Å². The van der Waals surface area contributed by atoms with Crippen LogP contribution in [0, 0.1) is 0 Å². The predicted molar refractivity (Wildman–Crippen MR) is 105 cm³/mol. The van der Waals surface area contributed by atoms with Gasteiger partial charge in [-0.25, -0.2) is 15.0 Å². The minimum Gasteiger partial charge on any atom is -0.396 e. The fourth-order valence-electron chi connectivity index (χ4n) is 2.79. The third-order valence-electron chi connectivity index (χ3n) is 4.30. The monoisotopic (exact) mass is 440 g/mol. The number of aliphatic hydroxyl groups excluding tert-OH is 2. The number of halogens is 3. The maximum absolute atomic E-state index is 12.8. The second-order valence-corrected chi connectivity index (χ2v) is 7.51. The average molecular weight is 440 g/mol. The molecule has 1 aromatic carbocycles. The zero-order valence-electron chi connectivity index (χ0n) is 15.6. The van der Waals surface area contributed by atoms with Crippen molar-refractivity contribution >= 4 is 23.0 Å². The number of benzene rings is 1. The van der Waals surface area contributed by atoms with Crippen LogP contribution < -0.4 is 5.32 Å². The van der Waals surface area contributed by atoms with E-state index in [2.05, 4.69) is 20.3 Å². The topological polar surface area (TPSA) is 111 Å². The SMILES string of the molecule is OCCC(O)(CCO)c1ncc(-c2cccc(Nc3nccc(C(F)(F)F)n3)c2)s1. The third-order valence-corrected chi connectivity index (χ3v) is 5.54. The smallest absolute Gasteiger partial charge is 0.396 e. The lowest BCUT2D eigenvalue weighted by Crippen LogP contribution is -2.28. The zero-order chi connectivity index (χ0) is 21.8. The van der Waals surface area contributed by atoms with E-state index < -0.39 is 17.5 Å². The van der Waals surface area contributed by atoms with Crippen LogP contribution in [0.3, 0.4) is 0 Å². The Morgan fingerprint density at radius 1 is 1.03 bits per heavy atom. The first kappa shape index (κ1) is 22.1. The van der Waals surface area contributed by atoms with Gasteiger partial charge in [-0.2, -0.15) is 13.2 Å². The Morgan fingerprint density at radius 2 is 1.77 bits per heavy atom. The minimum atomic E-state index is -4.57. The molecule has 0 fully saturated rings. The van der Waals surface area contributed by atoms with Crippen LogP contribution in [0.5, 0.6) is 0 Å². The van der Waals surface area contributed by atoms with Crippen LogP contribution in [-0.2, 0) is 11.8 Å². The Balaban J connectivity index is 1.84. The largest absolute Gasteiger partial charge is 0.433 e. The minimum absolute atomic E-state index is 0.0367. The lowest BCUT2D eigenvalue weighted by molar-refractivity contribution is -0.141. The van der Waals surface area contributed by atoms with Crippen molar-refractivity contribution in [2.45, 2.75) is 24.6 Å². The fourth-order valence-corrected chi connectivity index (χ4v) is 3.85. The number of nitrogens with one attached hydrogen (secondary N) is 1. The van der Waals surface area contributed by atoms with Gasteiger partial charge in [0.2, 0.25) is 5.95 Å². The van der Waals surface area contributed by atoms with Crippen LogP contribution in [0.15, 0.2) is 42.7 Å². The average Bonchev–Trinajstić information content (AvgIpc) is 3.19. The van der Waals surface area contributed by atoms with Crippen LogP contribution in [-0.4, -0.2) is 43.5 Å². The van der Waals surface area contributed by atoms with Crippen LogP contribution in [0.1, 0.15) is 23.5 Å². The molecule has 0 aliphatic heterocycles. The molecule has 0 amide bonds. The molecule has 0 aliphatic carbocycles. The Labute approximate surface area is 173 Å². The van der Waals surface area contributed by atoms with Gasteiger partial charge >= 0.3 is 6.18 Å². The lowest BCUT2D eigenvalue weighted by Gasteiger charge is -2.23. The highest BCUT2D eigenvalue weighted by molar-refractivity contribution is 7.15. The van der Waals surface area contributed by atoms with Crippen LogP contribution in [0.25, 0.3) is 10.4 Å². The molecular formula is C19H19F3N4O3S. The van der Waals surface area contributed by atoms with Gasteiger partial charge in [-0.1, -0.05) is 12.1 Å². The number of nitrogens with zero attached hydrogens (tertiary/aromatic N) is 3. The summed E-state index contributed by atoms with van der Waals surface area (Å²) >= 11 is 1.20. The van der Waals surface area contributed by atoms with E-state index in [-0.39, 0.29) is 32.0 Å². The highest BCUT2D eigenvalue weighted by Gasteiger charge is 2.33. The zero-order valence-corrected chi connectivity index (χ0v) is 16.4. The van der Waals surface area contributed by atoms with E-state index in [1.807, 2.05) is 0 Å². The standard InChI is InChI=1S/C19H19F3N4O3S/c20-19(21,22)15-4-7-23-17(26-15)25-13-3-1-2-12(10-13)14-11-24-16(30-14)18(29,5-8-27)6-9-28/h1-4,7,10-11,27-29H,5-6,8-9H2,(H,23,25,26). The van der Waals surface area contributed by atoms with Gasteiger partial charge in [-0.05, 0) is 23.8 Å². The second kappa shape index (κ2) is 9.04. The summed E-state index contributed by atoms with van der Waals surface area (Å²) in [5.74, 6) is -0.188. The van der Waals surface area contributed by atoms with Gasteiger partial charge in [-0.15, -0.1) is 11.3 Å². The van der Waals surface area contributed by atoms with Crippen molar-refractivity contribution in [3.8, 4) is 10.4 Å². The number of alkyl halides is 3. The Hall–Kier alpha value is -2.60. The number of anilines is 2. The molecule has 0 bridgehead atoms. The number of thiazole rings is 1. The van der Waals surface area contributed by atoms with E-state index in [4.69, 9.17) is 0 Å². The van der Waals surface area contributed by atoms with Crippen LogP contribution in [0.2, 0.25) is 0 Å². The van der Waals surface area contributed by atoms with E-state index in [1.54, 1.807) is 30.5 Å². The molecule has 3 aromatic rings. The molecule has 0 unspecified atom stereocenters. The van der Waals surface area contributed by atoms with E-state index in [0.717, 1.165) is 12.3 Å². The molecule has 0 saturated heterocycles. The summed E-state index contributed by atoms with van der Waals surface area (Å²) < 4.78 is 38.5. The first-order chi connectivity index (χ1) is 14.2. The van der Waals surface area contributed by atoms with Gasteiger partial charge in [0.25, 0.3) is 0 Å². The van der Waals surface area contributed by atoms with Crippen molar-refractivity contribution in [2.75, 3.05) is 18.5 Å². The maximum Gasteiger partial charge on any atom is 0.433 e. The highest BCUT2D eigenvalue weighted by atomic mass is 32.1. The lowest BCUT2D eigenvalue weighted by atomic mass is 9.97. The van der Waals surface area contributed by atoms with Gasteiger partial charge < -0.3 is 20.6 Å². The van der Waals surface area contributed by atoms with Gasteiger partial charge in [0.15, 0.2) is 0 Å². The molecule has 11 heteroatoms. The summed E-state index contributed by atoms with van der Waals surface area (Å²) in [7, 11) is 0.